The highest BCUT2D eigenvalue weighted by molar-refractivity contribution is 8.00. The number of thioether (sulfide) groups is 1. The van der Waals surface area contributed by atoms with Crippen LogP contribution in [-0.2, 0) is 0 Å². The first-order chi connectivity index (χ1) is 6.08. The smallest absolute Gasteiger partial charge is 0.00750 e. The summed E-state index contributed by atoms with van der Waals surface area (Å²) in [5.74, 6) is 2.34. The van der Waals surface area contributed by atoms with Crippen molar-refractivity contribution in [3.8, 4) is 0 Å². The summed E-state index contributed by atoms with van der Waals surface area (Å²) in [4.78, 5) is 0. The molecule has 78 valence electrons. The Morgan fingerprint density at radius 1 is 1.23 bits per heavy atom. The van der Waals surface area contributed by atoms with Crippen LogP contribution in [0.15, 0.2) is 0 Å². The first-order valence-electron chi connectivity index (χ1n) is 5.42. The van der Waals surface area contributed by atoms with Crippen molar-refractivity contribution in [1.82, 2.24) is 5.32 Å². The third-order valence-corrected chi connectivity index (χ3v) is 3.83. The molecule has 0 aromatic carbocycles. The number of hydrogen-bond donors (Lipinski definition) is 1. The molecule has 0 spiro atoms. The van der Waals surface area contributed by atoms with Gasteiger partial charge in [0, 0.05) is 4.75 Å². The van der Waals surface area contributed by atoms with Crippen LogP contribution in [0.4, 0.5) is 0 Å². The van der Waals surface area contributed by atoms with Crippen LogP contribution in [0.25, 0.3) is 0 Å². The van der Waals surface area contributed by atoms with Gasteiger partial charge in [-0.15, -0.1) is 0 Å². The average Bonchev–Trinajstić information content (AvgIpc) is 2.04. The fourth-order valence-electron chi connectivity index (χ4n) is 1.70. The average molecular weight is 201 g/mol. The summed E-state index contributed by atoms with van der Waals surface area (Å²) in [5.41, 5.74) is 0. The molecule has 2 heteroatoms. The second-order valence-electron chi connectivity index (χ2n) is 4.94. The van der Waals surface area contributed by atoms with E-state index in [2.05, 4.69) is 37.8 Å². The van der Waals surface area contributed by atoms with E-state index in [1.807, 2.05) is 0 Å². The quantitative estimate of drug-likeness (QED) is 0.753. The number of hydrogen-bond acceptors (Lipinski definition) is 2. The maximum atomic E-state index is 3.41. The van der Waals surface area contributed by atoms with Crippen LogP contribution in [0.3, 0.4) is 0 Å². The lowest BCUT2D eigenvalue weighted by Gasteiger charge is -2.24. The zero-order valence-corrected chi connectivity index (χ0v) is 10.0. The molecule has 0 radical (unpaired) electrons. The van der Waals surface area contributed by atoms with Gasteiger partial charge in [0.25, 0.3) is 0 Å². The summed E-state index contributed by atoms with van der Waals surface area (Å²) in [7, 11) is 0. The molecule has 1 nitrogen and oxygen atoms in total. The van der Waals surface area contributed by atoms with Crippen LogP contribution in [0.1, 0.15) is 40.0 Å². The Kier molecular flexibility index (Phi) is 4.60. The summed E-state index contributed by atoms with van der Waals surface area (Å²) >= 11 is 2.11. The zero-order valence-electron chi connectivity index (χ0n) is 9.23. The van der Waals surface area contributed by atoms with Crippen LogP contribution in [0.5, 0.6) is 0 Å². The molecule has 0 unspecified atom stereocenters. The highest BCUT2D eigenvalue weighted by Crippen LogP contribution is 2.26. The summed E-state index contributed by atoms with van der Waals surface area (Å²) in [6, 6.07) is 0. The molecule has 1 N–H and O–H groups in total. The molecular formula is C11H23NS. The molecule has 1 aliphatic rings. The van der Waals surface area contributed by atoms with Crippen LogP contribution in [0, 0.1) is 5.92 Å². The Morgan fingerprint density at radius 3 is 2.38 bits per heavy atom. The Hall–Kier alpha value is 0.310. The van der Waals surface area contributed by atoms with Crippen molar-refractivity contribution in [3.63, 3.8) is 0 Å². The maximum Gasteiger partial charge on any atom is 0.00750 e. The number of piperidine rings is 1. The van der Waals surface area contributed by atoms with E-state index >= 15 is 0 Å². The van der Waals surface area contributed by atoms with E-state index < -0.39 is 0 Å². The molecule has 1 saturated heterocycles. The van der Waals surface area contributed by atoms with Gasteiger partial charge in [-0.2, -0.15) is 11.8 Å². The van der Waals surface area contributed by atoms with E-state index in [0.717, 1.165) is 5.92 Å². The third kappa shape index (κ3) is 5.58. The van der Waals surface area contributed by atoms with Gasteiger partial charge in [0.15, 0.2) is 0 Å². The van der Waals surface area contributed by atoms with E-state index in [0.29, 0.717) is 4.75 Å². The van der Waals surface area contributed by atoms with Gasteiger partial charge in [0.1, 0.15) is 0 Å². The maximum absolute atomic E-state index is 3.41. The van der Waals surface area contributed by atoms with E-state index in [1.165, 1.54) is 38.1 Å². The van der Waals surface area contributed by atoms with Crippen molar-refractivity contribution >= 4 is 11.8 Å². The standard InChI is InChI=1S/C11H23NS/c1-11(2,3)13-9-6-10-4-7-12-8-5-10/h10,12H,4-9H2,1-3H3. The minimum Gasteiger partial charge on any atom is -0.317 e. The predicted octanol–water partition coefficient (Wildman–Crippen LogP) is 2.91. The molecular weight excluding hydrogens is 178 g/mol. The molecule has 0 amide bonds. The van der Waals surface area contributed by atoms with Crippen molar-refractivity contribution < 1.29 is 0 Å². The van der Waals surface area contributed by atoms with Crippen molar-refractivity contribution in [2.75, 3.05) is 18.8 Å². The molecule has 1 rings (SSSR count). The summed E-state index contributed by atoms with van der Waals surface area (Å²) in [6.45, 7) is 9.40. The first kappa shape index (κ1) is 11.4. The molecule has 1 aliphatic heterocycles. The molecule has 0 aromatic rings. The fourth-order valence-corrected chi connectivity index (χ4v) is 2.77. The largest absolute Gasteiger partial charge is 0.317 e. The van der Waals surface area contributed by atoms with Gasteiger partial charge in [-0.3, -0.25) is 0 Å². The van der Waals surface area contributed by atoms with Gasteiger partial charge in [-0.25, -0.2) is 0 Å². The van der Waals surface area contributed by atoms with Crippen molar-refractivity contribution in [2.24, 2.45) is 5.92 Å². The van der Waals surface area contributed by atoms with Crippen molar-refractivity contribution in [3.05, 3.63) is 0 Å². The first-order valence-corrected chi connectivity index (χ1v) is 6.41. The topological polar surface area (TPSA) is 12.0 Å². The minimum atomic E-state index is 0.451. The molecule has 0 bridgehead atoms. The van der Waals surface area contributed by atoms with Crippen LogP contribution in [-0.4, -0.2) is 23.6 Å². The molecule has 1 heterocycles. The van der Waals surface area contributed by atoms with E-state index in [1.54, 1.807) is 0 Å². The van der Waals surface area contributed by atoms with E-state index in [4.69, 9.17) is 0 Å². The number of nitrogens with one attached hydrogen (secondary N) is 1. The van der Waals surface area contributed by atoms with Crippen molar-refractivity contribution in [2.45, 2.75) is 44.8 Å². The Balaban J connectivity index is 2.04. The Morgan fingerprint density at radius 2 is 1.85 bits per heavy atom. The zero-order chi connectivity index (χ0) is 9.73. The summed E-state index contributed by atoms with van der Waals surface area (Å²) < 4.78 is 0.451. The fraction of sp³-hybridized carbons (Fsp3) is 1.00. The van der Waals surface area contributed by atoms with Crippen LogP contribution in [0.2, 0.25) is 0 Å². The lowest BCUT2D eigenvalue weighted by Crippen LogP contribution is -2.28. The van der Waals surface area contributed by atoms with Gasteiger partial charge in [0.2, 0.25) is 0 Å². The second kappa shape index (κ2) is 5.26. The van der Waals surface area contributed by atoms with Gasteiger partial charge in [0.05, 0.1) is 0 Å². The molecule has 13 heavy (non-hydrogen) atoms. The molecule has 0 aromatic heterocycles. The highest BCUT2D eigenvalue weighted by atomic mass is 32.2. The summed E-state index contributed by atoms with van der Waals surface area (Å²) in [6.07, 6.45) is 4.21. The van der Waals surface area contributed by atoms with Crippen molar-refractivity contribution in [1.29, 1.82) is 0 Å². The molecule has 0 atom stereocenters. The highest BCUT2D eigenvalue weighted by Gasteiger charge is 2.15. The second-order valence-corrected chi connectivity index (χ2v) is 6.86. The molecule has 0 saturated carbocycles. The van der Waals surface area contributed by atoms with Crippen LogP contribution < -0.4 is 5.32 Å². The van der Waals surface area contributed by atoms with E-state index in [9.17, 15) is 0 Å². The summed E-state index contributed by atoms with van der Waals surface area (Å²) in [5, 5.41) is 3.41. The normalized spacial score (nSPS) is 20.5. The SMILES string of the molecule is CC(C)(C)SCCC1CCNCC1. The predicted molar refractivity (Wildman–Crippen MR) is 62.4 cm³/mol. The minimum absolute atomic E-state index is 0.451. The Labute approximate surface area is 87.1 Å². The van der Waals surface area contributed by atoms with Gasteiger partial charge >= 0.3 is 0 Å². The molecule has 1 fully saturated rings. The van der Waals surface area contributed by atoms with E-state index in [-0.39, 0.29) is 0 Å². The van der Waals surface area contributed by atoms with Gasteiger partial charge in [-0.05, 0) is 44.0 Å². The third-order valence-electron chi connectivity index (χ3n) is 2.52. The lowest BCUT2D eigenvalue weighted by molar-refractivity contribution is 0.367. The number of rotatable bonds is 3. The lowest BCUT2D eigenvalue weighted by atomic mass is 9.96. The van der Waals surface area contributed by atoms with Gasteiger partial charge < -0.3 is 5.32 Å². The molecule has 0 aliphatic carbocycles. The van der Waals surface area contributed by atoms with Crippen LogP contribution >= 0.6 is 11.8 Å². The van der Waals surface area contributed by atoms with Gasteiger partial charge in [-0.1, -0.05) is 20.8 Å². The monoisotopic (exact) mass is 201 g/mol. The Bertz CT molecular complexity index is 134.